The number of aryl methyl sites for hydroxylation is 3. The Balaban J connectivity index is 2.30. The van der Waals surface area contributed by atoms with E-state index < -0.39 is 0 Å². The fourth-order valence-electron chi connectivity index (χ4n) is 3.54. The lowest BCUT2D eigenvalue weighted by Crippen LogP contribution is -2.35. The van der Waals surface area contributed by atoms with E-state index in [1.807, 2.05) is 0 Å². The van der Waals surface area contributed by atoms with Crippen LogP contribution in [0.1, 0.15) is 36.2 Å². The molecule has 3 aromatic rings. The van der Waals surface area contributed by atoms with Crippen molar-refractivity contribution in [2.45, 2.75) is 41.0 Å². The van der Waals surface area contributed by atoms with E-state index >= 15 is 0 Å². The largest absolute Gasteiger partial charge is 0.220 e. The van der Waals surface area contributed by atoms with Crippen LogP contribution in [0, 0.1) is 26.7 Å². The summed E-state index contributed by atoms with van der Waals surface area (Å²) in [6.45, 7) is 11.1. The van der Waals surface area contributed by atoms with Gasteiger partial charge in [-0.1, -0.05) is 43.7 Å². The van der Waals surface area contributed by atoms with Gasteiger partial charge in [0.25, 0.3) is 0 Å². The Hall–Kier alpha value is -2.15. The third-order valence-electron chi connectivity index (χ3n) is 4.89. The molecule has 0 atom stereocenters. The minimum atomic E-state index is 0.682. The third-order valence-corrected chi connectivity index (χ3v) is 4.89. The van der Waals surface area contributed by atoms with Crippen LogP contribution < -0.4 is 4.57 Å². The molecule has 0 radical (unpaired) electrons. The molecule has 2 aromatic carbocycles. The summed E-state index contributed by atoms with van der Waals surface area (Å²) >= 11 is 0. The smallest absolute Gasteiger partial charge is 0.198 e. The lowest BCUT2D eigenvalue weighted by Gasteiger charge is -2.12. The molecule has 3 rings (SSSR count). The molecule has 1 nitrogen and oxygen atoms in total. The zero-order valence-corrected chi connectivity index (χ0v) is 15.8. The van der Waals surface area contributed by atoms with Gasteiger partial charge in [0.1, 0.15) is 7.05 Å². The highest BCUT2D eigenvalue weighted by Crippen LogP contribution is 2.30. The van der Waals surface area contributed by atoms with Crippen molar-refractivity contribution in [2.24, 2.45) is 13.0 Å². The molecular weight excluding hydrogens is 290 g/mol. The summed E-state index contributed by atoms with van der Waals surface area (Å²) in [5.41, 5.74) is 8.01. The number of pyridine rings is 1. The van der Waals surface area contributed by atoms with Crippen LogP contribution in [0.3, 0.4) is 0 Å². The van der Waals surface area contributed by atoms with Crippen LogP contribution in [0.2, 0.25) is 0 Å². The maximum atomic E-state index is 2.37. The maximum absolute atomic E-state index is 2.37. The predicted molar refractivity (Wildman–Crippen MR) is 103 cm³/mol. The molecule has 0 aliphatic heterocycles. The van der Waals surface area contributed by atoms with Crippen molar-refractivity contribution in [1.82, 2.24) is 0 Å². The third kappa shape index (κ3) is 3.08. The number of nitrogens with zero attached hydrogens (tertiary/aromatic N) is 1. The normalized spacial score (nSPS) is 11.5. The van der Waals surface area contributed by atoms with Crippen LogP contribution in [0.15, 0.2) is 42.5 Å². The Labute approximate surface area is 146 Å². The highest BCUT2D eigenvalue weighted by molar-refractivity contribution is 5.94. The van der Waals surface area contributed by atoms with E-state index in [1.54, 1.807) is 0 Å². The minimum absolute atomic E-state index is 0.682. The standard InChI is InChI=1S/C23H28N/c1-15(2)11-19-9-10-21-20(14-19)13-18(5)24(6)23(21)22-12-16(3)7-8-17(22)4/h7-10,12-15H,11H2,1-6H3/q+1. The van der Waals surface area contributed by atoms with Crippen LogP contribution in [0.5, 0.6) is 0 Å². The van der Waals surface area contributed by atoms with Crippen LogP contribution in [0.4, 0.5) is 0 Å². The average Bonchev–Trinajstić information content (AvgIpc) is 2.51. The first-order valence-electron chi connectivity index (χ1n) is 8.86. The van der Waals surface area contributed by atoms with Crippen LogP contribution in [0.25, 0.3) is 22.0 Å². The lowest BCUT2D eigenvalue weighted by atomic mass is 9.94. The second-order valence-electron chi connectivity index (χ2n) is 7.53. The van der Waals surface area contributed by atoms with Crippen molar-refractivity contribution in [3.05, 3.63) is 64.8 Å². The average molecular weight is 318 g/mol. The number of hydrogen-bond acceptors (Lipinski definition) is 0. The van der Waals surface area contributed by atoms with Crippen LogP contribution in [-0.4, -0.2) is 0 Å². The van der Waals surface area contributed by atoms with Gasteiger partial charge >= 0.3 is 0 Å². The van der Waals surface area contributed by atoms with Gasteiger partial charge in [0, 0.05) is 18.6 Å². The van der Waals surface area contributed by atoms with Crippen LogP contribution in [-0.2, 0) is 13.5 Å². The Morgan fingerprint density at radius 1 is 0.917 bits per heavy atom. The molecular formula is C23H28N+. The fourth-order valence-corrected chi connectivity index (χ4v) is 3.54. The lowest BCUT2D eigenvalue weighted by molar-refractivity contribution is -0.665. The second-order valence-corrected chi connectivity index (χ2v) is 7.53. The molecule has 0 unspecified atom stereocenters. The molecule has 0 aliphatic rings. The Kier molecular flexibility index (Phi) is 4.45. The molecule has 0 saturated heterocycles. The van der Waals surface area contributed by atoms with Gasteiger partial charge in [-0.15, -0.1) is 0 Å². The predicted octanol–water partition coefficient (Wildman–Crippen LogP) is 5.46. The summed E-state index contributed by atoms with van der Waals surface area (Å²) in [6, 6.07) is 16.0. The minimum Gasteiger partial charge on any atom is -0.198 e. The summed E-state index contributed by atoms with van der Waals surface area (Å²) in [6.07, 6.45) is 1.13. The zero-order chi connectivity index (χ0) is 17.4. The molecule has 24 heavy (non-hydrogen) atoms. The summed E-state index contributed by atoms with van der Waals surface area (Å²) < 4.78 is 2.33. The Morgan fingerprint density at radius 3 is 2.38 bits per heavy atom. The van der Waals surface area contributed by atoms with E-state index in [0.717, 1.165) is 6.42 Å². The number of rotatable bonds is 3. The molecule has 1 heterocycles. The van der Waals surface area contributed by atoms with Gasteiger partial charge < -0.3 is 0 Å². The highest BCUT2D eigenvalue weighted by atomic mass is 14.9. The molecule has 124 valence electrons. The number of hydrogen-bond donors (Lipinski definition) is 0. The van der Waals surface area contributed by atoms with Gasteiger partial charge in [0.05, 0.1) is 5.39 Å². The maximum Gasteiger partial charge on any atom is 0.220 e. The van der Waals surface area contributed by atoms with Crippen molar-refractivity contribution >= 4 is 10.8 Å². The molecule has 1 heteroatoms. The van der Waals surface area contributed by atoms with E-state index in [1.165, 1.54) is 44.4 Å². The van der Waals surface area contributed by atoms with Gasteiger partial charge in [-0.25, -0.2) is 0 Å². The van der Waals surface area contributed by atoms with Crippen molar-refractivity contribution in [1.29, 1.82) is 0 Å². The highest BCUT2D eigenvalue weighted by Gasteiger charge is 2.20. The second kappa shape index (κ2) is 6.39. The van der Waals surface area contributed by atoms with E-state index in [-0.39, 0.29) is 0 Å². The molecule has 0 N–H and O–H groups in total. The van der Waals surface area contributed by atoms with Gasteiger partial charge in [-0.3, -0.25) is 0 Å². The summed E-state index contributed by atoms with van der Waals surface area (Å²) in [7, 11) is 2.17. The van der Waals surface area contributed by atoms with Crippen molar-refractivity contribution in [3.63, 3.8) is 0 Å². The van der Waals surface area contributed by atoms with Crippen molar-refractivity contribution in [3.8, 4) is 11.3 Å². The molecule has 0 spiro atoms. The van der Waals surface area contributed by atoms with E-state index in [2.05, 4.69) is 88.7 Å². The monoisotopic (exact) mass is 318 g/mol. The first-order chi connectivity index (χ1) is 11.4. The van der Waals surface area contributed by atoms with Crippen molar-refractivity contribution in [2.75, 3.05) is 0 Å². The van der Waals surface area contributed by atoms with Gasteiger partial charge in [-0.05, 0) is 54.8 Å². The quantitative estimate of drug-likeness (QED) is 0.565. The summed E-state index contributed by atoms with van der Waals surface area (Å²) in [5, 5.41) is 2.68. The van der Waals surface area contributed by atoms with E-state index in [0.29, 0.717) is 5.92 Å². The first-order valence-corrected chi connectivity index (χ1v) is 8.86. The topological polar surface area (TPSA) is 3.88 Å². The molecule has 0 saturated carbocycles. The Bertz CT molecular complexity index is 904. The molecule has 0 amide bonds. The van der Waals surface area contributed by atoms with Crippen molar-refractivity contribution < 1.29 is 4.57 Å². The number of benzene rings is 2. The molecule has 1 aromatic heterocycles. The number of aromatic nitrogens is 1. The van der Waals surface area contributed by atoms with E-state index in [4.69, 9.17) is 0 Å². The molecule has 0 aliphatic carbocycles. The van der Waals surface area contributed by atoms with Gasteiger partial charge in [0.2, 0.25) is 5.69 Å². The van der Waals surface area contributed by atoms with Gasteiger partial charge in [0.15, 0.2) is 5.69 Å². The zero-order valence-electron chi connectivity index (χ0n) is 15.8. The number of fused-ring (bicyclic) bond motifs is 1. The first kappa shape index (κ1) is 16.7. The molecule has 0 fully saturated rings. The molecule has 0 bridgehead atoms. The summed E-state index contributed by atoms with van der Waals surface area (Å²) in [5.74, 6) is 0.682. The summed E-state index contributed by atoms with van der Waals surface area (Å²) in [4.78, 5) is 0. The SMILES string of the molecule is Cc1ccc(C)c(-c2c3ccc(CC(C)C)cc3cc(C)[n+]2C)c1. The fraction of sp³-hybridized carbons (Fsp3) is 0.348. The van der Waals surface area contributed by atoms with Crippen LogP contribution >= 0.6 is 0 Å². The van der Waals surface area contributed by atoms with E-state index in [9.17, 15) is 0 Å². The Morgan fingerprint density at radius 2 is 1.67 bits per heavy atom. The van der Waals surface area contributed by atoms with Gasteiger partial charge in [-0.2, -0.15) is 4.57 Å².